The number of anilines is 1. The van der Waals surface area contributed by atoms with Crippen LogP contribution in [-0.4, -0.2) is 23.0 Å². The molecular formula is C10H11BrN2O3. The minimum absolute atomic E-state index is 0.0856. The van der Waals surface area contributed by atoms with Crippen molar-refractivity contribution in [1.82, 2.24) is 0 Å². The fraction of sp³-hybridized carbons (Fsp3) is 0.200. The van der Waals surface area contributed by atoms with E-state index in [-0.39, 0.29) is 11.5 Å². The van der Waals surface area contributed by atoms with E-state index in [9.17, 15) is 9.59 Å². The van der Waals surface area contributed by atoms with Gasteiger partial charge in [-0.3, -0.25) is 4.79 Å². The van der Waals surface area contributed by atoms with Gasteiger partial charge in [-0.15, -0.1) is 0 Å². The van der Waals surface area contributed by atoms with Gasteiger partial charge in [0.2, 0.25) is 5.91 Å². The van der Waals surface area contributed by atoms with Crippen molar-refractivity contribution in [1.29, 1.82) is 0 Å². The van der Waals surface area contributed by atoms with Crippen LogP contribution in [0.1, 0.15) is 17.3 Å². The molecule has 5 nitrogen and oxygen atoms in total. The summed E-state index contributed by atoms with van der Waals surface area (Å²) in [5.41, 5.74) is 5.86. The van der Waals surface area contributed by atoms with E-state index < -0.39 is 12.0 Å². The largest absolute Gasteiger partial charge is 0.478 e. The molecule has 4 N–H and O–H groups in total. The van der Waals surface area contributed by atoms with Crippen molar-refractivity contribution in [3.63, 3.8) is 0 Å². The standard InChI is InChI=1S/C10H11BrN2O3/c1-5(12)9(14)13-6-2-3-8(11)7(4-6)10(15)16/h2-5H,12H2,1H3,(H,13,14)(H,15,16)/t5-/m1/s1. The first-order chi connectivity index (χ1) is 7.41. The Labute approximate surface area is 101 Å². The smallest absolute Gasteiger partial charge is 0.336 e. The second-order valence-electron chi connectivity index (χ2n) is 3.28. The highest BCUT2D eigenvalue weighted by Gasteiger charge is 2.12. The Balaban J connectivity index is 2.95. The molecule has 0 spiro atoms. The molecule has 16 heavy (non-hydrogen) atoms. The molecule has 86 valence electrons. The van der Waals surface area contributed by atoms with Gasteiger partial charge in [0.25, 0.3) is 0 Å². The molecule has 1 rings (SSSR count). The second-order valence-corrected chi connectivity index (χ2v) is 4.13. The Morgan fingerprint density at radius 1 is 1.50 bits per heavy atom. The highest BCUT2D eigenvalue weighted by molar-refractivity contribution is 9.10. The number of carbonyl (C=O) groups excluding carboxylic acids is 1. The van der Waals surface area contributed by atoms with Gasteiger partial charge in [-0.05, 0) is 41.1 Å². The maximum Gasteiger partial charge on any atom is 0.336 e. The lowest BCUT2D eigenvalue weighted by Gasteiger charge is -2.09. The van der Waals surface area contributed by atoms with Crippen molar-refractivity contribution in [3.8, 4) is 0 Å². The zero-order valence-electron chi connectivity index (χ0n) is 8.53. The third kappa shape index (κ3) is 3.04. The summed E-state index contributed by atoms with van der Waals surface area (Å²) >= 11 is 3.11. The molecule has 1 aromatic carbocycles. The van der Waals surface area contributed by atoms with Crippen LogP contribution in [0.3, 0.4) is 0 Å². The van der Waals surface area contributed by atoms with Crippen molar-refractivity contribution in [2.45, 2.75) is 13.0 Å². The summed E-state index contributed by atoms with van der Waals surface area (Å²) in [4.78, 5) is 22.1. The number of carboxylic acids is 1. The van der Waals surface area contributed by atoms with Gasteiger partial charge in [-0.25, -0.2) is 4.79 Å². The maximum absolute atomic E-state index is 11.3. The van der Waals surface area contributed by atoms with E-state index in [1.165, 1.54) is 6.07 Å². The normalized spacial score (nSPS) is 11.9. The molecule has 0 aliphatic carbocycles. The fourth-order valence-corrected chi connectivity index (χ4v) is 1.44. The molecule has 0 saturated carbocycles. The number of amides is 1. The zero-order valence-corrected chi connectivity index (χ0v) is 10.1. The quantitative estimate of drug-likeness (QED) is 0.784. The van der Waals surface area contributed by atoms with Crippen molar-refractivity contribution < 1.29 is 14.7 Å². The number of carboxylic acid groups (broad SMARTS) is 1. The van der Waals surface area contributed by atoms with E-state index in [2.05, 4.69) is 21.2 Å². The summed E-state index contributed by atoms with van der Waals surface area (Å²) in [6, 6.07) is 3.88. The zero-order chi connectivity index (χ0) is 12.3. The van der Waals surface area contributed by atoms with Crippen LogP contribution in [0.4, 0.5) is 5.69 Å². The molecule has 6 heteroatoms. The molecule has 0 saturated heterocycles. The molecule has 0 heterocycles. The van der Waals surface area contributed by atoms with Crippen LogP contribution in [0.2, 0.25) is 0 Å². The van der Waals surface area contributed by atoms with Gasteiger partial charge >= 0.3 is 5.97 Å². The molecule has 0 aliphatic rings. The van der Waals surface area contributed by atoms with Gasteiger partial charge in [0, 0.05) is 10.2 Å². The van der Waals surface area contributed by atoms with Gasteiger partial charge in [0.05, 0.1) is 11.6 Å². The van der Waals surface area contributed by atoms with E-state index in [4.69, 9.17) is 10.8 Å². The number of benzene rings is 1. The molecule has 1 atom stereocenters. The summed E-state index contributed by atoms with van der Waals surface area (Å²) in [6.45, 7) is 1.55. The summed E-state index contributed by atoms with van der Waals surface area (Å²) in [6.07, 6.45) is 0. The van der Waals surface area contributed by atoms with Crippen LogP contribution in [0.15, 0.2) is 22.7 Å². The average Bonchev–Trinajstić information content (AvgIpc) is 2.20. The first-order valence-corrected chi connectivity index (χ1v) is 5.30. The Bertz CT molecular complexity index is 432. The Kier molecular flexibility index (Phi) is 4.03. The molecule has 0 aliphatic heterocycles. The van der Waals surface area contributed by atoms with Gasteiger partial charge in [0.1, 0.15) is 0 Å². The predicted octanol–water partition coefficient (Wildman–Crippen LogP) is 1.43. The second kappa shape index (κ2) is 5.09. The molecule has 0 bridgehead atoms. The number of aromatic carboxylic acids is 1. The molecular weight excluding hydrogens is 276 g/mol. The number of nitrogens with two attached hydrogens (primary N) is 1. The van der Waals surface area contributed by atoms with E-state index >= 15 is 0 Å². The van der Waals surface area contributed by atoms with Gasteiger partial charge in [-0.1, -0.05) is 0 Å². The monoisotopic (exact) mass is 286 g/mol. The first-order valence-electron chi connectivity index (χ1n) is 4.51. The highest BCUT2D eigenvalue weighted by Crippen LogP contribution is 2.21. The van der Waals surface area contributed by atoms with Crippen LogP contribution in [0.25, 0.3) is 0 Å². The Morgan fingerprint density at radius 3 is 2.62 bits per heavy atom. The lowest BCUT2D eigenvalue weighted by atomic mass is 10.2. The summed E-state index contributed by atoms with van der Waals surface area (Å²) in [7, 11) is 0. The van der Waals surface area contributed by atoms with Crippen LogP contribution in [-0.2, 0) is 4.79 Å². The Hall–Kier alpha value is -1.40. The fourth-order valence-electron chi connectivity index (χ4n) is 1.02. The van der Waals surface area contributed by atoms with E-state index in [1.54, 1.807) is 19.1 Å². The summed E-state index contributed by atoms with van der Waals surface area (Å²) in [5.74, 6) is -1.43. The van der Waals surface area contributed by atoms with E-state index in [0.29, 0.717) is 10.2 Å². The third-order valence-corrected chi connectivity index (χ3v) is 2.57. The summed E-state index contributed by atoms with van der Waals surface area (Å²) < 4.78 is 0.457. The van der Waals surface area contributed by atoms with Crippen LogP contribution in [0, 0.1) is 0 Å². The highest BCUT2D eigenvalue weighted by atomic mass is 79.9. The molecule has 1 aromatic rings. The Morgan fingerprint density at radius 2 is 2.12 bits per heavy atom. The van der Waals surface area contributed by atoms with Crippen molar-refractivity contribution in [3.05, 3.63) is 28.2 Å². The van der Waals surface area contributed by atoms with Gasteiger partial charge in [0.15, 0.2) is 0 Å². The SMILES string of the molecule is C[C@@H](N)C(=O)Nc1ccc(Br)c(C(=O)O)c1. The van der Waals surface area contributed by atoms with Gasteiger partial charge in [-0.2, -0.15) is 0 Å². The van der Waals surface area contributed by atoms with Crippen molar-refractivity contribution in [2.75, 3.05) is 5.32 Å². The number of carbonyl (C=O) groups is 2. The minimum atomic E-state index is -1.07. The average molecular weight is 287 g/mol. The van der Waals surface area contributed by atoms with Crippen LogP contribution >= 0.6 is 15.9 Å². The molecule has 0 unspecified atom stereocenters. The molecule has 0 radical (unpaired) electrons. The lowest BCUT2D eigenvalue weighted by molar-refractivity contribution is -0.117. The van der Waals surface area contributed by atoms with E-state index in [1.807, 2.05) is 0 Å². The molecule has 0 aromatic heterocycles. The van der Waals surface area contributed by atoms with Crippen LogP contribution in [0.5, 0.6) is 0 Å². The van der Waals surface area contributed by atoms with Gasteiger partial charge < -0.3 is 16.2 Å². The van der Waals surface area contributed by atoms with Crippen molar-refractivity contribution >= 4 is 33.5 Å². The number of hydrogen-bond acceptors (Lipinski definition) is 3. The molecule has 0 fully saturated rings. The first kappa shape index (κ1) is 12.7. The number of rotatable bonds is 3. The maximum atomic E-state index is 11.3. The number of hydrogen-bond donors (Lipinski definition) is 3. The predicted molar refractivity (Wildman–Crippen MR) is 63.4 cm³/mol. The van der Waals surface area contributed by atoms with E-state index in [0.717, 1.165) is 0 Å². The minimum Gasteiger partial charge on any atom is -0.478 e. The topological polar surface area (TPSA) is 92.4 Å². The van der Waals surface area contributed by atoms with Crippen LogP contribution < -0.4 is 11.1 Å². The molecule has 1 amide bonds. The summed E-state index contributed by atoms with van der Waals surface area (Å²) in [5, 5.41) is 11.4. The third-order valence-electron chi connectivity index (χ3n) is 1.88. The van der Waals surface area contributed by atoms with Crippen molar-refractivity contribution in [2.24, 2.45) is 5.73 Å². The lowest BCUT2D eigenvalue weighted by Crippen LogP contribution is -2.32. The number of halogens is 1. The number of nitrogens with one attached hydrogen (secondary N) is 1.